The normalized spacial score (nSPS) is 13.1. The fourth-order valence-electron chi connectivity index (χ4n) is 2.70. The van der Waals surface area contributed by atoms with E-state index in [0.717, 1.165) is 0 Å². The van der Waals surface area contributed by atoms with Gasteiger partial charge in [-0.15, -0.1) is 0 Å². The number of benzene rings is 1. The molecule has 1 amide bonds. The number of nitrogens with one attached hydrogen (secondary N) is 2. The summed E-state index contributed by atoms with van der Waals surface area (Å²) in [6, 6.07) is 6.43. The first-order valence-corrected chi connectivity index (χ1v) is 8.55. The van der Waals surface area contributed by atoms with E-state index in [1.165, 1.54) is 24.6 Å². The summed E-state index contributed by atoms with van der Waals surface area (Å²) in [5, 5.41) is 0.118. The van der Waals surface area contributed by atoms with Crippen molar-refractivity contribution in [2.45, 2.75) is 26.2 Å². The van der Waals surface area contributed by atoms with Gasteiger partial charge in [-0.2, -0.15) is 0 Å². The Kier molecular flexibility index (Phi) is 4.87. The second-order valence-corrected chi connectivity index (χ2v) is 7.33. The molecule has 0 aliphatic heterocycles. The van der Waals surface area contributed by atoms with Crippen LogP contribution in [0.2, 0.25) is 0 Å². The molecule has 0 radical (unpaired) electrons. The Morgan fingerprint density at radius 3 is 2.36 bits per heavy atom. The van der Waals surface area contributed by atoms with Crippen molar-refractivity contribution in [3.63, 3.8) is 0 Å². The number of oxazole rings is 1. The lowest BCUT2D eigenvalue weighted by Crippen LogP contribution is -2.46. The first-order valence-electron chi connectivity index (χ1n) is 8.55. The predicted molar refractivity (Wildman–Crippen MR) is 104 cm³/mol. The number of H-pyrrole nitrogens is 2. The van der Waals surface area contributed by atoms with Gasteiger partial charge in [0.1, 0.15) is 22.2 Å². The summed E-state index contributed by atoms with van der Waals surface area (Å²) in [5.74, 6) is 0.0246. The first kappa shape index (κ1) is 19.1. The van der Waals surface area contributed by atoms with Crippen molar-refractivity contribution in [2.75, 3.05) is 0 Å². The molecule has 0 bridgehead atoms. The van der Waals surface area contributed by atoms with Gasteiger partial charge in [-0.3, -0.25) is 14.4 Å². The molecular formula is C20H20N4O4. The summed E-state index contributed by atoms with van der Waals surface area (Å²) in [7, 11) is 0. The molecule has 0 saturated heterocycles. The average Bonchev–Trinajstić information content (AvgIpc) is 3.08. The van der Waals surface area contributed by atoms with E-state index in [9.17, 15) is 14.4 Å². The third kappa shape index (κ3) is 4.01. The van der Waals surface area contributed by atoms with Gasteiger partial charge in [-0.05, 0) is 29.8 Å². The first-order chi connectivity index (χ1) is 13.1. The number of amides is 1. The Morgan fingerprint density at radius 1 is 1.11 bits per heavy atom. The van der Waals surface area contributed by atoms with Crippen molar-refractivity contribution in [2.24, 2.45) is 5.73 Å². The van der Waals surface area contributed by atoms with Crippen LogP contribution in [0, 0.1) is 0 Å². The fourth-order valence-corrected chi connectivity index (χ4v) is 2.70. The van der Waals surface area contributed by atoms with Gasteiger partial charge in [-0.1, -0.05) is 32.9 Å². The van der Waals surface area contributed by atoms with Crippen LogP contribution in [0.25, 0.3) is 12.2 Å². The van der Waals surface area contributed by atoms with Crippen LogP contribution in [-0.4, -0.2) is 20.9 Å². The second kappa shape index (κ2) is 7.15. The highest BCUT2D eigenvalue weighted by molar-refractivity contribution is 5.93. The zero-order valence-electron chi connectivity index (χ0n) is 15.7. The highest BCUT2D eigenvalue weighted by Crippen LogP contribution is 2.25. The lowest BCUT2D eigenvalue weighted by atomic mass is 9.92. The third-order valence-electron chi connectivity index (χ3n) is 4.03. The maximum absolute atomic E-state index is 12.4. The summed E-state index contributed by atoms with van der Waals surface area (Å²) >= 11 is 0. The summed E-state index contributed by atoms with van der Waals surface area (Å²) in [4.78, 5) is 45.4. The van der Waals surface area contributed by atoms with Crippen LogP contribution >= 0.6 is 0 Å². The lowest BCUT2D eigenvalue weighted by Gasteiger charge is -2.14. The molecule has 144 valence electrons. The molecule has 2 heterocycles. The van der Waals surface area contributed by atoms with Crippen LogP contribution in [0.5, 0.6) is 0 Å². The van der Waals surface area contributed by atoms with Crippen LogP contribution in [0.3, 0.4) is 0 Å². The molecule has 4 N–H and O–H groups in total. The Hall–Kier alpha value is -3.68. The van der Waals surface area contributed by atoms with E-state index in [2.05, 4.69) is 15.0 Å². The van der Waals surface area contributed by atoms with Gasteiger partial charge in [-0.25, -0.2) is 4.98 Å². The number of carbonyl (C=O) groups is 1. The number of hydrogen-bond donors (Lipinski definition) is 3. The number of carbonyl (C=O) groups excluding carboxylic acids is 1. The number of aromatic amines is 2. The average molecular weight is 380 g/mol. The number of nitrogens with zero attached hydrogens (tertiary/aromatic N) is 1. The van der Waals surface area contributed by atoms with E-state index in [1.54, 1.807) is 18.2 Å². The smallest absolute Gasteiger partial charge is 0.272 e. The Labute approximate surface area is 159 Å². The molecule has 0 fully saturated rings. The van der Waals surface area contributed by atoms with Gasteiger partial charge in [0.05, 0.1) is 0 Å². The van der Waals surface area contributed by atoms with Crippen molar-refractivity contribution in [1.29, 1.82) is 0 Å². The molecule has 3 aromatic rings. The highest BCUT2D eigenvalue weighted by atomic mass is 16.3. The van der Waals surface area contributed by atoms with E-state index in [-0.39, 0.29) is 16.1 Å². The van der Waals surface area contributed by atoms with E-state index in [0.29, 0.717) is 22.6 Å². The van der Waals surface area contributed by atoms with Crippen LogP contribution < -0.4 is 27.6 Å². The molecule has 28 heavy (non-hydrogen) atoms. The molecule has 0 spiro atoms. The Balaban J connectivity index is 2.12. The Morgan fingerprint density at radius 2 is 1.75 bits per heavy atom. The zero-order chi connectivity index (χ0) is 20.5. The SMILES string of the molecule is CC(C)(C)c1ocnc1/C=c1\[nH]c(=O)/c(=C/c2cccc(C(N)=O)c2)[nH]c1=O. The molecule has 2 aromatic heterocycles. The Bertz CT molecular complexity index is 1270. The van der Waals surface area contributed by atoms with Crippen LogP contribution in [0.15, 0.2) is 44.7 Å². The van der Waals surface area contributed by atoms with E-state index >= 15 is 0 Å². The predicted octanol–water partition coefficient (Wildman–Crippen LogP) is 0.105. The van der Waals surface area contributed by atoms with E-state index in [4.69, 9.17) is 10.2 Å². The number of primary amides is 1. The van der Waals surface area contributed by atoms with E-state index in [1.807, 2.05) is 20.8 Å². The maximum Gasteiger partial charge on any atom is 0.272 e. The minimum atomic E-state index is -0.579. The molecule has 0 unspecified atom stereocenters. The zero-order valence-corrected chi connectivity index (χ0v) is 15.7. The standard InChI is InChI=1S/C20H20N4O4/c1-20(2,3)16-13(22-10-28-16)9-15-19(27)23-14(18(26)24-15)8-11-5-4-6-12(7-11)17(21)25/h4-10H,1-3H3,(H2,21,25)(H,23,27)(H,24,26)/b14-8-,15-9-. The molecule has 0 atom stereocenters. The molecule has 8 heteroatoms. The van der Waals surface area contributed by atoms with Crippen molar-refractivity contribution < 1.29 is 9.21 Å². The summed E-state index contributed by atoms with van der Waals surface area (Å²) in [5.41, 5.74) is 5.31. The minimum absolute atomic E-state index is 0.0555. The van der Waals surface area contributed by atoms with Crippen LogP contribution in [-0.2, 0) is 5.41 Å². The van der Waals surface area contributed by atoms with Gasteiger partial charge in [0.25, 0.3) is 11.1 Å². The van der Waals surface area contributed by atoms with Gasteiger partial charge in [0.2, 0.25) is 5.91 Å². The topological polar surface area (TPSA) is 135 Å². The number of aromatic nitrogens is 3. The van der Waals surface area contributed by atoms with Gasteiger partial charge in [0, 0.05) is 11.0 Å². The third-order valence-corrected chi connectivity index (χ3v) is 4.03. The van der Waals surface area contributed by atoms with E-state index < -0.39 is 17.0 Å². The van der Waals surface area contributed by atoms with Crippen molar-refractivity contribution >= 4 is 18.1 Å². The number of rotatable bonds is 3. The minimum Gasteiger partial charge on any atom is -0.447 e. The van der Waals surface area contributed by atoms with Crippen LogP contribution in [0.1, 0.15) is 48.1 Å². The molecule has 0 saturated carbocycles. The van der Waals surface area contributed by atoms with Crippen molar-refractivity contribution in [3.8, 4) is 0 Å². The summed E-state index contributed by atoms with van der Waals surface area (Å²) in [6.07, 6.45) is 4.24. The molecule has 8 nitrogen and oxygen atoms in total. The van der Waals surface area contributed by atoms with Crippen molar-refractivity contribution in [3.05, 3.63) is 84.6 Å². The molecule has 1 aromatic carbocycles. The van der Waals surface area contributed by atoms with Gasteiger partial charge >= 0.3 is 0 Å². The largest absolute Gasteiger partial charge is 0.447 e. The molecule has 3 rings (SSSR count). The monoisotopic (exact) mass is 380 g/mol. The van der Waals surface area contributed by atoms with Crippen LogP contribution in [0.4, 0.5) is 0 Å². The van der Waals surface area contributed by atoms with Gasteiger partial charge < -0.3 is 20.1 Å². The summed E-state index contributed by atoms with van der Waals surface area (Å²) < 4.78 is 5.41. The molecule has 0 aliphatic rings. The quantitative estimate of drug-likeness (QED) is 0.592. The van der Waals surface area contributed by atoms with Crippen molar-refractivity contribution in [1.82, 2.24) is 15.0 Å². The molecule has 0 aliphatic carbocycles. The molecular weight excluding hydrogens is 360 g/mol. The maximum atomic E-state index is 12.4. The lowest BCUT2D eigenvalue weighted by molar-refractivity contribution is 0.1000. The highest BCUT2D eigenvalue weighted by Gasteiger charge is 2.21. The summed E-state index contributed by atoms with van der Waals surface area (Å²) in [6.45, 7) is 5.86. The second-order valence-electron chi connectivity index (χ2n) is 7.33. The van der Waals surface area contributed by atoms with Gasteiger partial charge in [0.15, 0.2) is 6.39 Å². The fraction of sp³-hybridized carbons (Fsp3) is 0.200. The number of hydrogen-bond acceptors (Lipinski definition) is 5. The number of nitrogens with two attached hydrogens (primary N) is 1.